The predicted molar refractivity (Wildman–Crippen MR) is 97.1 cm³/mol. The summed E-state index contributed by atoms with van der Waals surface area (Å²) < 4.78 is 1.80. The number of imidazole rings is 1. The molecule has 2 aliphatic rings. The van der Waals surface area contributed by atoms with Crippen LogP contribution in [0.15, 0.2) is 12.4 Å². The van der Waals surface area contributed by atoms with Crippen molar-refractivity contribution < 1.29 is 0 Å². The van der Waals surface area contributed by atoms with Crippen LogP contribution < -0.4 is 16.8 Å². The van der Waals surface area contributed by atoms with E-state index in [9.17, 15) is 0 Å². The molecule has 2 aromatic heterocycles. The lowest BCUT2D eigenvalue weighted by atomic mass is 9.81. The maximum Gasteiger partial charge on any atom is 0.177 e. The Kier molecular flexibility index (Phi) is 4.31. The molecule has 0 unspecified atom stereocenters. The van der Waals surface area contributed by atoms with Gasteiger partial charge in [0.05, 0.1) is 5.69 Å². The molecule has 2 aliphatic carbocycles. The number of fused-ring (bicyclic) bond motifs is 1. The quantitative estimate of drug-likeness (QED) is 0.805. The molecule has 2 fully saturated rings. The summed E-state index contributed by atoms with van der Waals surface area (Å²) in [6, 6.07) is 0.853. The molecule has 0 amide bonds. The van der Waals surface area contributed by atoms with Crippen LogP contribution in [0.5, 0.6) is 0 Å². The van der Waals surface area contributed by atoms with Crippen molar-refractivity contribution >= 4 is 17.2 Å². The van der Waals surface area contributed by atoms with E-state index in [4.69, 9.17) is 11.5 Å². The number of aromatic nitrogens is 3. The van der Waals surface area contributed by atoms with Gasteiger partial charge in [-0.1, -0.05) is 19.3 Å². The molecule has 0 atom stereocenters. The number of hydrogen-bond donors (Lipinski definition) is 3. The largest absolute Gasteiger partial charge is 0.382 e. The highest BCUT2D eigenvalue weighted by Gasteiger charge is 2.28. The smallest absolute Gasteiger partial charge is 0.177 e. The summed E-state index contributed by atoms with van der Waals surface area (Å²) in [6.45, 7) is 0. The molecule has 0 radical (unpaired) electrons. The standard InChI is InChI=1S/C18H28N6/c19-13-8-6-12(7-9-13)15-16(22-14-4-2-1-3-5-14)18-21-10-11-24(18)23-17(15)20/h10-14,22H,1-9,19H2,(H2,20,23)/t12-,13-. The van der Waals surface area contributed by atoms with Gasteiger partial charge in [-0.3, -0.25) is 0 Å². The monoisotopic (exact) mass is 328 g/mol. The molecule has 5 N–H and O–H groups in total. The molecule has 0 bridgehead atoms. The first-order valence-electron chi connectivity index (χ1n) is 9.37. The van der Waals surface area contributed by atoms with Crippen molar-refractivity contribution in [1.82, 2.24) is 14.6 Å². The summed E-state index contributed by atoms with van der Waals surface area (Å²) in [5.74, 6) is 1.07. The van der Waals surface area contributed by atoms with Gasteiger partial charge in [0.25, 0.3) is 0 Å². The van der Waals surface area contributed by atoms with Gasteiger partial charge in [0.15, 0.2) is 5.65 Å². The van der Waals surface area contributed by atoms with Crippen molar-refractivity contribution in [2.75, 3.05) is 11.1 Å². The van der Waals surface area contributed by atoms with Gasteiger partial charge >= 0.3 is 0 Å². The zero-order chi connectivity index (χ0) is 16.5. The van der Waals surface area contributed by atoms with Gasteiger partial charge in [-0.15, -0.1) is 5.10 Å². The summed E-state index contributed by atoms with van der Waals surface area (Å²) in [5.41, 5.74) is 15.7. The maximum atomic E-state index is 6.39. The van der Waals surface area contributed by atoms with Crippen molar-refractivity contribution in [3.63, 3.8) is 0 Å². The first kappa shape index (κ1) is 15.7. The molecule has 2 aromatic rings. The van der Waals surface area contributed by atoms with Crippen LogP contribution in [0.25, 0.3) is 5.65 Å². The Morgan fingerprint density at radius 2 is 1.79 bits per heavy atom. The number of nitrogens with two attached hydrogens (primary N) is 2. The van der Waals surface area contributed by atoms with E-state index in [-0.39, 0.29) is 0 Å². The minimum Gasteiger partial charge on any atom is -0.382 e. The van der Waals surface area contributed by atoms with Gasteiger partial charge in [0, 0.05) is 30.0 Å². The minimum absolute atomic E-state index is 0.334. The summed E-state index contributed by atoms with van der Waals surface area (Å²) in [6.07, 6.45) is 14.4. The third kappa shape index (κ3) is 2.95. The molecule has 130 valence electrons. The molecule has 0 spiro atoms. The van der Waals surface area contributed by atoms with Crippen LogP contribution in [0.4, 0.5) is 11.5 Å². The second-order valence-corrected chi connectivity index (χ2v) is 7.46. The van der Waals surface area contributed by atoms with Gasteiger partial charge < -0.3 is 16.8 Å². The third-order valence-corrected chi connectivity index (χ3v) is 5.74. The number of nitrogens with zero attached hydrogens (tertiary/aromatic N) is 3. The van der Waals surface area contributed by atoms with E-state index in [1.165, 1.54) is 37.7 Å². The number of nitrogen functional groups attached to an aromatic ring is 1. The summed E-state index contributed by atoms with van der Waals surface area (Å²) in [7, 11) is 0. The number of nitrogens with one attached hydrogen (secondary N) is 1. The highest BCUT2D eigenvalue weighted by Crippen LogP contribution is 2.40. The fourth-order valence-electron chi connectivity index (χ4n) is 4.39. The number of hydrogen-bond acceptors (Lipinski definition) is 5. The van der Waals surface area contributed by atoms with E-state index in [1.807, 2.05) is 6.20 Å². The molecule has 24 heavy (non-hydrogen) atoms. The van der Waals surface area contributed by atoms with Crippen molar-refractivity contribution in [2.45, 2.75) is 75.8 Å². The van der Waals surface area contributed by atoms with Crippen LogP contribution in [0.1, 0.15) is 69.3 Å². The molecule has 0 saturated heterocycles. The van der Waals surface area contributed by atoms with E-state index in [0.29, 0.717) is 23.8 Å². The molecule has 0 aliphatic heterocycles. The van der Waals surface area contributed by atoms with Crippen LogP contribution in [-0.4, -0.2) is 26.7 Å². The molecular weight excluding hydrogens is 300 g/mol. The normalized spacial score (nSPS) is 25.9. The highest BCUT2D eigenvalue weighted by atomic mass is 15.3. The van der Waals surface area contributed by atoms with Gasteiger partial charge in [0.2, 0.25) is 0 Å². The lowest BCUT2D eigenvalue weighted by Gasteiger charge is -2.31. The lowest BCUT2D eigenvalue weighted by molar-refractivity contribution is 0.395. The molecular formula is C18H28N6. The second kappa shape index (κ2) is 6.59. The fraction of sp³-hybridized carbons (Fsp3) is 0.667. The Labute approximate surface area is 143 Å². The van der Waals surface area contributed by atoms with Crippen LogP contribution in [-0.2, 0) is 0 Å². The maximum absolute atomic E-state index is 6.39. The molecule has 4 rings (SSSR count). The van der Waals surface area contributed by atoms with E-state index in [1.54, 1.807) is 10.7 Å². The zero-order valence-electron chi connectivity index (χ0n) is 14.2. The summed E-state index contributed by atoms with van der Waals surface area (Å²) in [4.78, 5) is 4.55. The molecule has 6 nitrogen and oxygen atoms in total. The molecule has 0 aromatic carbocycles. The summed E-state index contributed by atoms with van der Waals surface area (Å²) >= 11 is 0. The Morgan fingerprint density at radius 3 is 2.54 bits per heavy atom. The van der Waals surface area contributed by atoms with Crippen LogP contribution in [0, 0.1) is 0 Å². The fourth-order valence-corrected chi connectivity index (χ4v) is 4.39. The Morgan fingerprint density at radius 1 is 1.04 bits per heavy atom. The van der Waals surface area contributed by atoms with E-state index < -0.39 is 0 Å². The summed E-state index contributed by atoms with van der Waals surface area (Å²) in [5, 5.41) is 8.34. The van der Waals surface area contributed by atoms with Gasteiger partial charge in [-0.05, 0) is 44.4 Å². The minimum atomic E-state index is 0.334. The Bertz CT molecular complexity index is 695. The van der Waals surface area contributed by atoms with Crippen LogP contribution in [0.3, 0.4) is 0 Å². The van der Waals surface area contributed by atoms with Gasteiger partial charge in [0.1, 0.15) is 5.82 Å². The van der Waals surface area contributed by atoms with Gasteiger partial charge in [-0.25, -0.2) is 9.50 Å². The highest BCUT2D eigenvalue weighted by molar-refractivity contribution is 5.76. The second-order valence-electron chi connectivity index (χ2n) is 7.46. The number of rotatable bonds is 3. The van der Waals surface area contributed by atoms with Crippen LogP contribution >= 0.6 is 0 Å². The average Bonchev–Trinajstić information content (AvgIpc) is 3.05. The molecule has 2 heterocycles. The Hall–Kier alpha value is -1.82. The first-order chi connectivity index (χ1) is 11.7. The van der Waals surface area contributed by atoms with Crippen molar-refractivity contribution in [3.8, 4) is 0 Å². The third-order valence-electron chi connectivity index (χ3n) is 5.74. The SMILES string of the molecule is Nc1nn2ccnc2c(NC2CCCCC2)c1[C@H]1CC[C@H](N)CC1. The van der Waals surface area contributed by atoms with Crippen molar-refractivity contribution in [2.24, 2.45) is 5.73 Å². The predicted octanol–water partition coefficient (Wildman–Crippen LogP) is 3.04. The van der Waals surface area contributed by atoms with E-state index in [0.717, 1.165) is 37.0 Å². The number of anilines is 2. The van der Waals surface area contributed by atoms with E-state index in [2.05, 4.69) is 15.4 Å². The van der Waals surface area contributed by atoms with Crippen LogP contribution in [0.2, 0.25) is 0 Å². The molecule has 2 saturated carbocycles. The van der Waals surface area contributed by atoms with Crippen molar-refractivity contribution in [1.29, 1.82) is 0 Å². The first-order valence-corrected chi connectivity index (χ1v) is 9.37. The average molecular weight is 328 g/mol. The van der Waals surface area contributed by atoms with Crippen molar-refractivity contribution in [3.05, 3.63) is 18.0 Å². The zero-order valence-corrected chi connectivity index (χ0v) is 14.2. The Balaban J connectivity index is 1.72. The molecule has 6 heteroatoms. The van der Waals surface area contributed by atoms with Gasteiger partial charge in [-0.2, -0.15) is 0 Å². The lowest BCUT2D eigenvalue weighted by Crippen LogP contribution is -2.28. The van der Waals surface area contributed by atoms with E-state index >= 15 is 0 Å². The topological polar surface area (TPSA) is 94.3 Å².